The van der Waals surface area contributed by atoms with E-state index in [-0.39, 0.29) is 18.1 Å². The number of nitrogens with one attached hydrogen (secondary N) is 1. The Kier molecular flexibility index (Phi) is 6.64. The fraction of sp³-hybridized carbons (Fsp3) is 0.0476. The quantitative estimate of drug-likeness (QED) is 0.332. The number of nitro groups is 2. The summed E-state index contributed by atoms with van der Waals surface area (Å²) in [5.41, 5.74) is 3.05. The van der Waals surface area contributed by atoms with Crippen molar-refractivity contribution in [2.24, 2.45) is 5.10 Å². The first-order valence-corrected chi connectivity index (χ1v) is 8.99. The number of hydrazone groups is 1. The molecule has 10 nitrogen and oxygen atoms in total. The van der Waals surface area contributed by atoms with E-state index in [4.69, 9.17) is 4.74 Å². The van der Waals surface area contributed by atoms with E-state index in [1.54, 1.807) is 24.3 Å². The van der Waals surface area contributed by atoms with E-state index in [0.29, 0.717) is 11.3 Å². The molecule has 0 unspecified atom stereocenters. The zero-order valence-corrected chi connectivity index (χ0v) is 16.0. The average Bonchev–Trinajstić information content (AvgIpc) is 2.75. The molecule has 156 valence electrons. The molecule has 0 aliphatic heterocycles. The Balaban J connectivity index is 1.61. The Morgan fingerprint density at radius 1 is 0.968 bits per heavy atom. The van der Waals surface area contributed by atoms with Gasteiger partial charge in [-0.2, -0.15) is 5.10 Å². The lowest BCUT2D eigenvalue weighted by atomic mass is 10.1. The lowest BCUT2D eigenvalue weighted by molar-refractivity contribution is -0.394. The lowest BCUT2D eigenvalue weighted by Gasteiger charge is -2.06. The van der Waals surface area contributed by atoms with Gasteiger partial charge in [0.25, 0.3) is 5.69 Å². The van der Waals surface area contributed by atoms with Crippen molar-refractivity contribution in [2.75, 3.05) is 0 Å². The van der Waals surface area contributed by atoms with Crippen LogP contribution in [0.4, 0.5) is 11.4 Å². The molecule has 10 heteroatoms. The van der Waals surface area contributed by atoms with Gasteiger partial charge in [0, 0.05) is 6.07 Å². The number of benzene rings is 3. The summed E-state index contributed by atoms with van der Waals surface area (Å²) in [6.45, 7) is 0. The van der Waals surface area contributed by atoms with Gasteiger partial charge in [-0.3, -0.25) is 25.0 Å². The fourth-order valence-electron chi connectivity index (χ4n) is 2.60. The van der Waals surface area contributed by atoms with Gasteiger partial charge in [0.2, 0.25) is 11.7 Å². The number of hydrogen-bond donors (Lipinski definition) is 1. The van der Waals surface area contributed by atoms with Gasteiger partial charge in [-0.15, -0.1) is 0 Å². The lowest BCUT2D eigenvalue weighted by Crippen LogP contribution is -2.19. The summed E-state index contributed by atoms with van der Waals surface area (Å²) >= 11 is 0. The van der Waals surface area contributed by atoms with Crippen molar-refractivity contribution >= 4 is 23.5 Å². The number of carbonyl (C=O) groups is 1. The largest absolute Gasteiger partial charge is 0.450 e. The zero-order chi connectivity index (χ0) is 22.2. The first-order chi connectivity index (χ1) is 14.9. The first kappa shape index (κ1) is 21.1. The normalized spacial score (nSPS) is 10.6. The number of rotatable bonds is 8. The van der Waals surface area contributed by atoms with Crippen LogP contribution in [0.5, 0.6) is 11.5 Å². The van der Waals surface area contributed by atoms with Crippen molar-refractivity contribution in [2.45, 2.75) is 6.42 Å². The maximum Gasteiger partial charge on any atom is 0.318 e. The predicted molar refractivity (Wildman–Crippen MR) is 112 cm³/mol. The molecule has 0 aliphatic rings. The van der Waals surface area contributed by atoms with Crippen LogP contribution in [0.15, 0.2) is 77.9 Å². The molecule has 31 heavy (non-hydrogen) atoms. The summed E-state index contributed by atoms with van der Waals surface area (Å²) in [6, 6.07) is 18.8. The topological polar surface area (TPSA) is 137 Å². The van der Waals surface area contributed by atoms with Crippen LogP contribution in [0, 0.1) is 20.2 Å². The zero-order valence-electron chi connectivity index (χ0n) is 16.0. The van der Waals surface area contributed by atoms with Gasteiger partial charge >= 0.3 is 5.69 Å². The van der Waals surface area contributed by atoms with E-state index in [9.17, 15) is 25.0 Å². The van der Waals surface area contributed by atoms with Crippen molar-refractivity contribution < 1.29 is 19.4 Å². The predicted octanol–water partition coefficient (Wildman–Crippen LogP) is 3.99. The molecule has 3 aromatic rings. The minimum atomic E-state index is -0.749. The van der Waals surface area contributed by atoms with Crippen LogP contribution in [0.25, 0.3) is 0 Å². The highest BCUT2D eigenvalue weighted by atomic mass is 16.6. The first-order valence-electron chi connectivity index (χ1n) is 8.99. The third-order valence-corrected chi connectivity index (χ3v) is 4.07. The van der Waals surface area contributed by atoms with Crippen LogP contribution >= 0.6 is 0 Å². The second-order valence-electron chi connectivity index (χ2n) is 6.29. The molecule has 1 N–H and O–H groups in total. The molecule has 0 aliphatic carbocycles. The molecule has 0 spiro atoms. The average molecular weight is 420 g/mol. The van der Waals surface area contributed by atoms with Gasteiger partial charge in [0.15, 0.2) is 0 Å². The van der Waals surface area contributed by atoms with Crippen LogP contribution < -0.4 is 10.2 Å². The maximum atomic E-state index is 11.9. The van der Waals surface area contributed by atoms with E-state index in [1.165, 1.54) is 12.3 Å². The summed E-state index contributed by atoms with van der Waals surface area (Å²) in [5.74, 6) is -0.0831. The van der Waals surface area contributed by atoms with Crippen molar-refractivity contribution in [1.29, 1.82) is 0 Å². The second kappa shape index (κ2) is 9.74. The molecule has 0 aromatic heterocycles. The van der Waals surface area contributed by atoms with Crippen LogP contribution in [-0.4, -0.2) is 22.0 Å². The highest BCUT2D eigenvalue weighted by Gasteiger charge is 2.21. The van der Waals surface area contributed by atoms with E-state index in [2.05, 4.69) is 10.5 Å². The standard InChI is InChI=1S/C21H16N4O6/c26-21(12-15-4-2-1-3-5-15)23-22-14-16-6-9-18(10-7-16)31-20-11-8-17(24(27)28)13-19(20)25(29)30/h1-11,13-14H,12H2,(H,23,26)/b22-14+. The van der Waals surface area contributed by atoms with Crippen molar-refractivity contribution in [3.63, 3.8) is 0 Å². The van der Waals surface area contributed by atoms with Gasteiger partial charge in [-0.1, -0.05) is 30.3 Å². The number of nitrogens with zero attached hydrogens (tertiary/aromatic N) is 3. The molecule has 1 amide bonds. The summed E-state index contributed by atoms with van der Waals surface area (Å²) in [4.78, 5) is 32.4. The minimum absolute atomic E-state index is 0.120. The molecule has 0 heterocycles. The van der Waals surface area contributed by atoms with Gasteiger partial charge in [0.05, 0.1) is 28.5 Å². The van der Waals surface area contributed by atoms with E-state index in [1.807, 2.05) is 30.3 Å². The Morgan fingerprint density at radius 2 is 1.68 bits per heavy atom. The smallest absolute Gasteiger partial charge is 0.318 e. The van der Waals surface area contributed by atoms with Crippen molar-refractivity contribution in [3.8, 4) is 11.5 Å². The summed E-state index contributed by atoms with van der Waals surface area (Å²) < 4.78 is 5.49. The third-order valence-electron chi connectivity index (χ3n) is 4.07. The fourth-order valence-corrected chi connectivity index (χ4v) is 2.60. The number of ether oxygens (including phenoxy) is 1. The van der Waals surface area contributed by atoms with Crippen LogP contribution in [0.1, 0.15) is 11.1 Å². The molecule has 0 bridgehead atoms. The summed E-state index contributed by atoms with van der Waals surface area (Å²) in [5, 5.41) is 25.9. The third kappa shape index (κ3) is 5.94. The van der Waals surface area contributed by atoms with E-state index >= 15 is 0 Å². The molecule has 3 rings (SSSR count). The number of hydrogen-bond acceptors (Lipinski definition) is 7. The molecular formula is C21H16N4O6. The maximum absolute atomic E-state index is 11.9. The monoisotopic (exact) mass is 420 g/mol. The Morgan fingerprint density at radius 3 is 2.32 bits per heavy atom. The molecular weight excluding hydrogens is 404 g/mol. The van der Waals surface area contributed by atoms with Crippen LogP contribution in [0.3, 0.4) is 0 Å². The van der Waals surface area contributed by atoms with Crippen molar-refractivity contribution in [1.82, 2.24) is 5.43 Å². The highest BCUT2D eigenvalue weighted by molar-refractivity contribution is 5.83. The van der Waals surface area contributed by atoms with Gasteiger partial charge in [-0.05, 0) is 41.5 Å². The molecule has 0 atom stereocenters. The molecule has 3 aromatic carbocycles. The van der Waals surface area contributed by atoms with Crippen LogP contribution in [-0.2, 0) is 11.2 Å². The number of carbonyl (C=O) groups excluding carboxylic acids is 1. The van der Waals surface area contributed by atoms with Crippen LogP contribution in [0.2, 0.25) is 0 Å². The van der Waals surface area contributed by atoms with Gasteiger partial charge in [0.1, 0.15) is 5.75 Å². The Hall–Kier alpha value is -4.60. The summed E-state index contributed by atoms with van der Waals surface area (Å²) in [6.07, 6.45) is 1.65. The van der Waals surface area contributed by atoms with Crippen molar-refractivity contribution in [3.05, 3.63) is 104 Å². The van der Waals surface area contributed by atoms with Gasteiger partial charge < -0.3 is 4.74 Å². The highest BCUT2D eigenvalue weighted by Crippen LogP contribution is 2.34. The molecule has 0 radical (unpaired) electrons. The van der Waals surface area contributed by atoms with E-state index in [0.717, 1.165) is 17.7 Å². The Bertz CT molecular complexity index is 1130. The second-order valence-corrected chi connectivity index (χ2v) is 6.29. The molecule has 0 fully saturated rings. The number of nitro benzene ring substituents is 2. The van der Waals surface area contributed by atoms with Gasteiger partial charge in [-0.25, -0.2) is 5.43 Å². The number of amides is 1. The SMILES string of the molecule is O=C(Cc1ccccc1)N/N=C/c1ccc(Oc2ccc([N+](=O)[O-])cc2[N+](=O)[O-])cc1. The molecule has 0 saturated heterocycles. The minimum Gasteiger partial charge on any atom is -0.450 e. The summed E-state index contributed by atoms with van der Waals surface area (Å²) in [7, 11) is 0. The number of non-ortho nitro benzene ring substituents is 1. The molecule has 0 saturated carbocycles. The van der Waals surface area contributed by atoms with E-state index < -0.39 is 21.2 Å². The Labute approximate surface area is 176 Å².